The van der Waals surface area contributed by atoms with Gasteiger partial charge in [-0.2, -0.15) is 10.8 Å². The van der Waals surface area contributed by atoms with Crippen LogP contribution in [0.4, 0.5) is 4.79 Å². The predicted octanol–water partition coefficient (Wildman–Crippen LogP) is 4.43. The smallest absolute Gasteiger partial charge is 0.410 e. The fraction of sp³-hybridized carbons (Fsp3) is 0.222. The molecule has 1 fully saturated rings. The van der Waals surface area contributed by atoms with Gasteiger partial charge in [-0.25, -0.2) is 4.79 Å². The minimum atomic E-state index is -0.272. The number of nitrogens with zero attached hydrogens (tertiary/aromatic N) is 4. The van der Waals surface area contributed by atoms with E-state index in [-0.39, 0.29) is 23.2 Å². The number of nitrogens with two attached hydrogens (primary N) is 1. The van der Waals surface area contributed by atoms with Crippen molar-refractivity contribution in [2.75, 3.05) is 13.1 Å². The van der Waals surface area contributed by atoms with Crippen LogP contribution in [0, 0.1) is 5.92 Å². The number of aliphatic imine (C=N–C) groups is 2. The van der Waals surface area contributed by atoms with Crippen molar-refractivity contribution in [2.45, 2.75) is 19.4 Å². The van der Waals surface area contributed by atoms with Crippen molar-refractivity contribution < 1.29 is 14.1 Å². The third kappa shape index (κ3) is 3.86. The molecule has 8 heteroatoms. The van der Waals surface area contributed by atoms with E-state index in [1.54, 1.807) is 11.1 Å². The van der Waals surface area contributed by atoms with E-state index < -0.39 is 0 Å². The van der Waals surface area contributed by atoms with Gasteiger partial charge in [0.25, 0.3) is 5.84 Å². The number of piperidine rings is 1. The molecule has 0 bridgehead atoms. The number of quaternary nitrogens is 1. The number of allylic oxidation sites excluding steroid dienone is 2. The van der Waals surface area contributed by atoms with E-state index in [1.165, 1.54) is 0 Å². The first-order valence-electron chi connectivity index (χ1n) is 11.9. The number of carbonyl (C=O) groups is 1. The standard InChI is InChI=1S/C27H27N6O2/c28-33-15-12-29-17-24(33)25(31-26(33)22-6-7-23-21(16-22)8-11-30-23)20-9-13-32(14-10-20)27(34)35-18-19-4-2-1-3-5-19/h1-8,11-12,15-17,20,30H,9-10,13-14,18,28H2/q+1. The molecule has 1 unspecified atom stereocenters. The molecule has 176 valence electrons. The van der Waals surface area contributed by atoms with Gasteiger partial charge < -0.3 is 14.6 Å². The SMILES string of the molecule is N[N+]12C=CN=CC1=C(C1CCN(C(=O)OCc3ccccc3)CC1)N=C2c1ccc2[nH]ccc2c1. The minimum Gasteiger partial charge on any atom is -0.445 e. The number of aromatic amines is 1. The average molecular weight is 468 g/mol. The molecule has 1 aromatic heterocycles. The summed E-state index contributed by atoms with van der Waals surface area (Å²) in [5.74, 6) is 7.88. The van der Waals surface area contributed by atoms with Crippen LogP contribution < -0.4 is 5.84 Å². The molecule has 8 nitrogen and oxygen atoms in total. The van der Waals surface area contributed by atoms with E-state index in [0.29, 0.717) is 13.1 Å². The number of ether oxygens (including phenoxy) is 1. The van der Waals surface area contributed by atoms with Crippen molar-refractivity contribution in [3.63, 3.8) is 0 Å². The Labute approximate surface area is 203 Å². The van der Waals surface area contributed by atoms with E-state index >= 15 is 0 Å². The lowest BCUT2D eigenvalue weighted by molar-refractivity contribution is -0.750. The summed E-state index contributed by atoms with van der Waals surface area (Å²) < 4.78 is 5.53. The largest absolute Gasteiger partial charge is 0.445 e. The van der Waals surface area contributed by atoms with Gasteiger partial charge in [0, 0.05) is 36.1 Å². The van der Waals surface area contributed by atoms with Crippen LogP contribution in [0.25, 0.3) is 10.9 Å². The molecule has 3 aliphatic heterocycles. The third-order valence-electron chi connectivity index (χ3n) is 6.98. The van der Waals surface area contributed by atoms with Gasteiger partial charge in [-0.05, 0) is 42.7 Å². The van der Waals surface area contributed by atoms with Crippen LogP contribution >= 0.6 is 0 Å². The van der Waals surface area contributed by atoms with Gasteiger partial charge in [0.2, 0.25) is 5.70 Å². The highest BCUT2D eigenvalue weighted by Crippen LogP contribution is 2.38. The Bertz CT molecular complexity index is 1400. The fourth-order valence-electron chi connectivity index (χ4n) is 5.04. The number of H-pyrrole nitrogens is 1. The number of nitrogens with one attached hydrogen (secondary N) is 1. The van der Waals surface area contributed by atoms with Crippen molar-refractivity contribution in [3.8, 4) is 0 Å². The quantitative estimate of drug-likeness (QED) is 0.439. The molecule has 3 aromatic rings. The maximum atomic E-state index is 12.6. The first-order valence-corrected chi connectivity index (χ1v) is 11.9. The van der Waals surface area contributed by atoms with Crippen LogP contribution in [0.2, 0.25) is 0 Å². The first kappa shape index (κ1) is 21.5. The van der Waals surface area contributed by atoms with E-state index in [0.717, 1.165) is 52.1 Å². The van der Waals surface area contributed by atoms with Crippen LogP contribution in [0.5, 0.6) is 0 Å². The van der Waals surface area contributed by atoms with Gasteiger partial charge >= 0.3 is 6.09 Å². The van der Waals surface area contributed by atoms with Gasteiger partial charge in [0.1, 0.15) is 18.5 Å². The monoisotopic (exact) mass is 467 g/mol. The van der Waals surface area contributed by atoms with Gasteiger partial charge in [-0.1, -0.05) is 30.3 Å². The Morgan fingerprint density at radius 1 is 1.14 bits per heavy atom. The van der Waals surface area contributed by atoms with E-state index in [2.05, 4.69) is 28.2 Å². The van der Waals surface area contributed by atoms with Crippen molar-refractivity contribution in [3.05, 3.63) is 95.7 Å². The molecule has 1 saturated heterocycles. The zero-order valence-electron chi connectivity index (χ0n) is 19.3. The topological polar surface area (TPSA) is 96.1 Å². The van der Waals surface area contributed by atoms with Gasteiger partial charge in [0.05, 0.1) is 18.0 Å². The minimum absolute atomic E-state index is 0.00803. The Balaban J connectivity index is 1.20. The van der Waals surface area contributed by atoms with Crippen LogP contribution in [0.15, 0.2) is 94.6 Å². The first-order chi connectivity index (χ1) is 17.1. The summed E-state index contributed by atoms with van der Waals surface area (Å²) in [4.78, 5) is 27.1. The summed E-state index contributed by atoms with van der Waals surface area (Å²) >= 11 is 0. The van der Waals surface area contributed by atoms with Gasteiger partial charge in [0.15, 0.2) is 0 Å². The van der Waals surface area contributed by atoms with Crippen LogP contribution in [-0.2, 0) is 11.3 Å². The molecule has 1 amide bonds. The molecule has 0 radical (unpaired) electrons. The van der Waals surface area contributed by atoms with Crippen molar-refractivity contribution in [2.24, 2.45) is 21.7 Å². The fourth-order valence-corrected chi connectivity index (χ4v) is 5.04. The van der Waals surface area contributed by atoms with Gasteiger partial charge in [-0.3, -0.25) is 4.99 Å². The van der Waals surface area contributed by atoms with Crippen LogP contribution in [-0.4, -0.2) is 45.7 Å². The summed E-state index contributed by atoms with van der Waals surface area (Å²) in [6.45, 7) is 1.52. The highest BCUT2D eigenvalue weighted by atomic mass is 16.6. The number of amidine groups is 1. The van der Waals surface area contributed by atoms with Crippen molar-refractivity contribution in [1.82, 2.24) is 9.88 Å². The lowest BCUT2D eigenvalue weighted by Gasteiger charge is -2.31. The number of hydrogen-bond acceptors (Lipinski definition) is 5. The van der Waals surface area contributed by atoms with E-state index in [1.807, 2.05) is 55.0 Å². The van der Waals surface area contributed by atoms with Gasteiger partial charge in [-0.15, -0.1) is 4.59 Å². The zero-order chi connectivity index (χ0) is 23.8. The average Bonchev–Trinajstić information content (AvgIpc) is 3.49. The molecule has 4 heterocycles. The second-order valence-electron chi connectivity index (χ2n) is 9.14. The molecular weight excluding hydrogens is 440 g/mol. The number of amides is 1. The molecule has 35 heavy (non-hydrogen) atoms. The molecule has 3 N–H and O–H groups in total. The van der Waals surface area contributed by atoms with Crippen molar-refractivity contribution >= 4 is 29.0 Å². The normalized spacial score (nSPS) is 22.0. The number of likely N-dealkylation sites (tertiary alicyclic amines) is 1. The molecule has 0 aliphatic carbocycles. The maximum absolute atomic E-state index is 12.6. The summed E-state index contributed by atoms with van der Waals surface area (Å²) in [6.07, 6.45) is 8.67. The number of carbonyl (C=O) groups excluding carboxylic acids is 1. The maximum Gasteiger partial charge on any atom is 0.410 e. The predicted molar refractivity (Wildman–Crippen MR) is 135 cm³/mol. The number of hydrogen-bond donors (Lipinski definition) is 2. The lowest BCUT2D eigenvalue weighted by atomic mass is 9.92. The summed E-state index contributed by atoms with van der Waals surface area (Å²) in [6, 6.07) is 18.0. The number of aromatic nitrogens is 1. The Morgan fingerprint density at radius 3 is 2.80 bits per heavy atom. The highest BCUT2D eigenvalue weighted by Gasteiger charge is 2.46. The highest BCUT2D eigenvalue weighted by molar-refractivity contribution is 6.02. The molecule has 0 saturated carbocycles. The molecule has 0 spiro atoms. The van der Waals surface area contributed by atoms with E-state index in [4.69, 9.17) is 15.6 Å². The lowest BCUT2D eigenvalue weighted by Crippen LogP contribution is -2.53. The van der Waals surface area contributed by atoms with Crippen molar-refractivity contribution in [1.29, 1.82) is 0 Å². The molecule has 3 aliphatic rings. The summed E-state index contributed by atoms with van der Waals surface area (Å²) in [7, 11) is 0. The second kappa shape index (κ2) is 8.65. The number of fused-ring (bicyclic) bond motifs is 2. The summed E-state index contributed by atoms with van der Waals surface area (Å²) in [5.41, 5.74) is 4.89. The molecule has 1 atom stereocenters. The molecule has 6 rings (SSSR count). The third-order valence-corrected chi connectivity index (χ3v) is 6.98. The molecular formula is C27H27N6O2+. The zero-order valence-corrected chi connectivity index (χ0v) is 19.3. The van der Waals surface area contributed by atoms with Crippen LogP contribution in [0.1, 0.15) is 24.0 Å². The Morgan fingerprint density at radius 2 is 1.97 bits per heavy atom. The number of benzene rings is 2. The summed E-state index contributed by atoms with van der Waals surface area (Å²) in [5, 5.41) is 1.11. The number of rotatable bonds is 4. The van der Waals surface area contributed by atoms with E-state index in [9.17, 15) is 4.79 Å². The molecule has 2 aromatic carbocycles. The Kier molecular flexibility index (Phi) is 5.32. The second-order valence-corrected chi connectivity index (χ2v) is 9.14. The van der Waals surface area contributed by atoms with Crippen LogP contribution in [0.3, 0.4) is 0 Å². The Hall–Kier alpha value is -4.01.